The van der Waals surface area contributed by atoms with Crippen molar-refractivity contribution in [1.29, 1.82) is 0 Å². The third kappa shape index (κ3) is 11.7. The molecule has 0 saturated carbocycles. The number of aryl methyl sites for hydroxylation is 4. The van der Waals surface area contributed by atoms with Crippen LogP contribution in [0.15, 0.2) is 24.3 Å². The van der Waals surface area contributed by atoms with Crippen LogP contribution in [0.5, 0.6) is 11.5 Å². The number of rotatable bonds is 16. The summed E-state index contributed by atoms with van der Waals surface area (Å²) in [6.07, 6.45) is 1.60. The van der Waals surface area contributed by atoms with Gasteiger partial charge in [-0.05, 0) is 71.4 Å². The van der Waals surface area contributed by atoms with Crippen LogP contribution in [0.25, 0.3) is 0 Å². The first-order chi connectivity index (χ1) is 19.3. The van der Waals surface area contributed by atoms with Gasteiger partial charge in [-0.25, -0.2) is 0 Å². The molecule has 0 saturated heterocycles. The van der Waals surface area contributed by atoms with Crippen molar-refractivity contribution in [1.82, 2.24) is 0 Å². The molecule has 0 amide bonds. The van der Waals surface area contributed by atoms with E-state index in [2.05, 4.69) is 0 Å². The summed E-state index contributed by atoms with van der Waals surface area (Å²) >= 11 is 0. The minimum atomic E-state index is -0.296. The molecule has 0 aliphatic heterocycles. The van der Waals surface area contributed by atoms with Gasteiger partial charge in [-0.3, -0.25) is 9.59 Å². The van der Waals surface area contributed by atoms with E-state index in [4.69, 9.17) is 18.9 Å². The zero-order valence-electron chi connectivity index (χ0n) is 25.8. The van der Waals surface area contributed by atoms with Gasteiger partial charge in [0.25, 0.3) is 0 Å². The van der Waals surface area contributed by atoms with Crippen molar-refractivity contribution in [3.05, 3.63) is 57.6 Å². The van der Waals surface area contributed by atoms with E-state index in [0.717, 1.165) is 33.4 Å². The van der Waals surface area contributed by atoms with Gasteiger partial charge in [0, 0.05) is 12.8 Å². The average molecular weight is 573 g/mol. The standard InChI is InChI=1S/C33H48O8/c1-22(2)27-20-25(18-23(3)31(27)36)8-10-29(34)40-16-14-38-12-13-39-15-17-41-30(35)11-9-26-19-24(4)32(37)28(21-26)33(5,6)7/h18-22,36-37H,8-17H2,1-7H3. The molecule has 0 aromatic heterocycles. The fraction of sp³-hybridized carbons (Fsp3) is 0.576. The molecule has 0 unspecified atom stereocenters. The number of hydrogen-bond donors (Lipinski definition) is 2. The predicted octanol–water partition coefficient (Wildman–Crippen LogP) is 5.82. The van der Waals surface area contributed by atoms with E-state index >= 15 is 0 Å². The molecular formula is C33H48O8. The number of ether oxygens (including phenoxy) is 4. The lowest BCUT2D eigenvalue weighted by molar-refractivity contribution is -0.146. The van der Waals surface area contributed by atoms with Gasteiger partial charge in [-0.15, -0.1) is 0 Å². The largest absolute Gasteiger partial charge is 0.507 e. The number of esters is 2. The van der Waals surface area contributed by atoms with Crippen molar-refractivity contribution in [2.24, 2.45) is 0 Å². The summed E-state index contributed by atoms with van der Waals surface area (Å²) in [5, 5.41) is 20.5. The lowest BCUT2D eigenvalue weighted by atomic mass is 9.83. The molecule has 41 heavy (non-hydrogen) atoms. The smallest absolute Gasteiger partial charge is 0.306 e. The quantitative estimate of drug-likeness (QED) is 0.191. The maximum atomic E-state index is 12.1. The van der Waals surface area contributed by atoms with Crippen molar-refractivity contribution in [3.63, 3.8) is 0 Å². The van der Waals surface area contributed by atoms with Gasteiger partial charge in [0.1, 0.15) is 24.7 Å². The minimum Gasteiger partial charge on any atom is -0.507 e. The fourth-order valence-electron chi connectivity index (χ4n) is 4.43. The first kappa shape index (κ1) is 34.1. The van der Waals surface area contributed by atoms with E-state index in [9.17, 15) is 19.8 Å². The summed E-state index contributed by atoms with van der Waals surface area (Å²) in [5.74, 6) is 0.240. The lowest BCUT2D eigenvalue weighted by Crippen LogP contribution is -2.15. The Morgan fingerprint density at radius 3 is 1.61 bits per heavy atom. The normalized spacial score (nSPS) is 11.6. The lowest BCUT2D eigenvalue weighted by Gasteiger charge is -2.22. The summed E-state index contributed by atoms with van der Waals surface area (Å²) in [5.41, 5.74) is 5.17. The van der Waals surface area contributed by atoms with E-state index in [-0.39, 0.29) is 62.5 Å². The van der Waals surface area contributed by atoms with Crippen molar-refractivity contribution in [2.45, 2.75) is 85.5 Å². The molecule has 2 rings (SSSR count). The number of aromatic hydroxyl groups is 2. The molecule has 2 aromatic carbocycles. The highest BCUT2D eigenvalue weighted by molar-refractivity contribution is 5.70. The van der Waals surface area contributed by atoms with Crippen LogP contribution in [0, 0.1) is 13.8 Å². The number of carbonyl (C=O) groups is 2. The van der Waals surface area contributed by atoms with Crippen LogP contribution in [-0.2, 0) is 46.8 Å². The first-order valence-electron chi connectivity index (χ1n) is 14.4. The zero-order valence-corrected chi connectivity index (χ0v) is 25.8. The van der Waals surface area contributed by atoms with Crippen LogP contribution in [-0.4, -0.2) is 61.8 Å². The Kier molecular flexibility index (Phi) is 13.6. The van der Waals surface area contributed by atoms with Crippen LogP contribution in [0.2, 0.25) is 0 Å². The van der Waals surface area contributed by atoms with Crippen molar-refractivity contribution in [2.75, 3.05) is 39.6 Å². The van der Waals surface area contributed by atoms with Crippen LogP contribution in [0.1, 0.15) is 86.8 Å². The summed E-state index contributed by atoms with van der Waals surface area (Å²) in [4.78, 5) is 24.2. The number of phenols is 2. The van der Waals surface area contributed by atoms with E-state index in [1.807, 2.05) is 72.7 Å². The highest BCUT2D eigenvalue weighted by Crippen LogP contribution is 2.34. The number of hydrogen-bond acceptors (Lipinski definition) is 8. The molecule has 2 N–H and O–H groups in total. The van der Waals surface area contributed by atoms with E-state index in [1.165, 1.54) is 0 Å². The second kappa shape index (κ2) is 16.4. The molecule has 0 radical (unpaired) electrons. The predicted molar refractivity (Wildman–Crippen MR) is 159 cm³/mol. The van der Waals surface area contributed by atoms with Gasteiger partial charge in [0.2, 0.25) is 0 Å². The Balaban J connectivity index is 1.51. The Morgan fingerprint density at radius 2 is 1.15 bits per heavy atom. The van der Waals surface area contributed by atoms with E-state index < -0.39 is 0 Å². The van der Waals surface area contributed by atoms with Crippen LogP contribution < -0.4 is 0 Å². The summed E-state index contributed by atoms with van der Waals surface area (Å²) in [6, 6.07) is 7.72. The van der Waals surface area contributed by atoms with E-state index in [1.54, 1.807) is 0 Å². The van der Waals surface area contributed by atoms with Gasteiger partial charge in [0.05, 0.1) is 26.4 Å². The van der Waals surface area contributed by atoms with Gasteiger partial charge >= 0.3 is 11.9 Å². The SMILES string of the molecule is Cc1cc(CCC(=O)OCCOCCOCCOC(=O)CCc2cc(C)c(O)c(C(C)(C)C)c2)cc(C(C)C)c1O. The maximum Gasteiger partial charge on any atom is 0.306 e. The fourth-order valence-corrected chi connectivity index (χ4v) is 4.43. The molecule has 2 aromatic rings. The molecule has 0 spiro atoms. The van der Waals surface area contributed by atoms with Gasteiger partial charge in [0.15, 0.2) is 0 Å². The van der Waals surface area contributed by atoms with E-state index in [0.29, 0.717) is 37.6 Å². The van der Waals surface area contributed by atoms with Crippen LogP contribution in [0.3, 0.4) is 0 Å². The maximum absolute atomic E-state index is 12.1. The summed E-state index contributed by atoms with van der Waals surface area (Å²) in [6.45, 7) is 15.5. The molecule has 8 heteroatoms. The molecule has 0 fully saturated rings. The highest BCUT2D eigenvalue weighted by atomic mass is 16.6. The van der Waals surface area contributed by atoms with Crippen molar-refractivity contribution in [3.8, 4) is 11.5 Å². The van der Waals surface area contributed by atoms with Crippen molar-refractivity contribution >= 4 is 11.9 Å². The van der Waals surface area contributed by atoms with Crippen LogP contribution >= 0.6 is 0 Å². The van der Waals surface area contributed by atoms with Crippen molar-refractivity contribution < 1.29 is 38.7 Å². The number of phenolic OH excluding ortho intramolecular Hbond substituents is 2. The zero-order chi connectivity index (χ0) is 30.6. The third-order valence-corrected chi connectivity index (χ3v) is 6.77. The molecule has 0 heterocycles. The topological polar surface area (TPSA) is 112 Å². The van der Waals surface area contributed by atoms with Crippen LogP contribution in [0.4, 0.5) is 0 Å². The molecule has 8 nitrogen and oxygen atoms in total. The summed E-state index contributed by atoms with van der Waals surface area (Å²) < 4.78 is 21.3. The third-order valence-electron chi connectivity index (χ3n) is 6.77. The van der Waals surface area contributed by atoms with Gasteiger partial charge in [-0.1, -0.05) is 58.9 Å². The average Bonchev–Trinajstić information content (AvgIpc) is 2.89. The Labute approximate surface area is 245 Å². The molecular weight excluding hydrogens is 524 g/mol. The molecule has 0 bridgehead atoms. The second-order valence-electron chi connectivity index (χ2n) is 11.7. The molecule has 0 atom stereocenters. The molecule has 228 valence electrons. The number of carbonyl (C=O) groups excluding carboxylic acids is 2. The Hall–Kier alpha value is -3.10. The first-order valence-corrected chi connectivity index (χ1v) is 14.4. The molecule has 0 aliphatic rings. The summed E-state index contributed by atoms with van der Waals surface area (Å²) in [7, 11) is 0. The minimum absolute atomic E-state index is 0.164. The Morgan fingerprint density at radius 1 is 0.707 bits per heavy atom. The monoisotopic (exact) mass is 572 g/mol. The number of benzene rings is 2. The van der Waals surface area contributed by atoms with Gasteiger partial charge < -0.3 is 29.2 Å². The second-order valence-corrected chi connectivity index (χ2v) is 11.7. The Bertz CT molecular complexity index is 1150. The van der Waals surface area contributed by atoms with Gasteiger partial charge in [-0.2, -0.15) is 0 Å². The molecule has 0 aliphatic carbocycles. The highest BCUT2D eigenvalue weighted by Gasteiger charge is 2.20.